The molecule has 0 spiro atoms. The third-order valence-electron chi connectivity index (χ3n) is 14.7. The maximum absolute atomic E-state index is 12.9. The topological polar surface area (TPSA) is 78.9 Å². The lowest BCUT2D eigenvalue weighted by molar-refractivity contribution is -0.167. The van der Waals surface area contributed by atoms with Gasteiger partial charge in [0.1, 0.15) is 13.2 Å². The first kappa shape index (κ1) is 73.8. The van der Waals surface area contributed by atoms with Gasteiger partial charge in [0.25, 0.3) is 0 Å². The van der Waals surface area contributed by atoms with E-state index >= 15 is 0 Å². The Hall–Kier alpha value is -3.15. The Morgan fingerprint density at radius 1 is 0.260 bits per heavy atom. The Balaban J connectivity index is 4.41. The Kier molecular flexibility index (Phi) is 62.7. The predicted octanol–water partition coefficient (Wildman–Crippen LogP) is 22.9. The first-order chi connectivity index (χ1) is 38.0. The van der Waals surface area contributed by atoms with Gasteiger partial charge in [-0.25, -0.2) is 0 Å². The van der Waals surface area contributed by atoms with Crippen molar-refractivity contribution < 1.29 is 28.6 Å². The Labute approximate surface area is 478 Å². The van der Waals surface area contributed by atoms with Crippen molar-refractivity contribution in [2.45, 2.75) is 348 Å². The van der Waals surface area contributed by atoms with Gasteiger partial charge in [-0.05, 0) is 96.3 Å². The summed E-state index contributed by atoms with van der Waals surface area (Å²) >= 11 is 0. The van der Waals surface area contributed by atoms with Gasteiger partial charge in [-0.1, -0.05) is 299 Å². The van der Waals surface area contributed by atoms with Crippen molar-refractivity contribution in [3.63, 3.8) is 0 Å². The number of ether oxygens (including phenoxy) is 3. The number of esters is 3. The van der Waals surface area contributed by atoms with Crippen LogP contribution < -0.4 is 0 Å². The second-order valence-corrected chi connectivity index (χ2v) is 22.4. The summed E-state index contributed by atoms with van der Waals surface area (Å²) in [6.07, 6.45) is 84.7. The number of hydrogen-bond acceptors (Lipinski definition) is 6. The number of allylic oxidation sites excluding steroid dienone is 12. The number of rotatable bonds is 61. The number of unbranched alkanes of at least 4 members (excludes halogenated alkanes) is 38. The van der Waals surface area contributed by atoms with Crippen LogP contribution in [0.3, 0.4) is 0 Å². The first-order valence-electron chi connectivity index (χ1n) is 33.4. The van der Waals surface area contributed by atoms with E-state index in [1.807, 2.05) is 0 Å². The summed E-state index contributed by atoms with van der Waals surface area (Å²) in [6.45, 7) is 6.64. The molecule has 0 aromatic heterocycles. The van der Waals surface area contributed by atoms with Crippen molar-refractivity contribution in [3.05, 3.63) is 72.9 Å². The standard InChI is InChI=1S/C71H126O6/c1-4-7-10-13-16-19-22-25-28-31-33-35-37-40-43-46-49-52-55-58-61-64-70(73)76-67-68(66-75-69(72)63-60-57-54-51-48-45-42-39-30-27-24-21-18-15-12-9-6-3)77-71(74)65-62-59-56-53-50-47-44-41-38-36-34-32-29-26-23-20-17-14-11-8-5-2/h22-23,25-26,31-34,37-38,40-41,68H,4-21,24,27-30,35-36,39,42-67H2,1-3H3/b25-22-,26-23-,33-31-,34-32-,40-37-,41-38-. The van der Waals surface area contributed by atoms with Gasteiger partial charge in [0, 0.05) is 19.3 Å². The Morgan fingerprint density at radius 2 is 0.468 bits per heavy atom. The maximum Gasteiger partial charge on any atom is 0.306 e. The van der Waals surface area contributed by atoms with Gasteiger partial charge >= 0.3 is 17.9 Å². The fourth-order valence-electron chi connectivity index (χ4n) is 9.64. The molecule has 1 atom stereocenters. The molecule has 77 heavy (non-hydrogen) atoms. The molecular weight excluding hydrogens is 949 g/mol. The van der Waals surface area contributed by atoms with Gasteiger partial charge in [0.2, 0.25) is 0 Å². The summed E-state index contributed by atoms with van der Waals surface area (Å²) in [5.74, 6) is -0.890. The fraction of sp³-hybridized carbons (Fsp3) is 0.789. The minimum Gasteiger partial charge on any atom is -0.462 e. The van der Waals surface area contributed by atoms with Crippen LogP contribution in [0.2, 0.25) is 0 Å². The lowest BCUT2D eigenvalue weighted by Crippen LogP contribution is -2.30. The van der Waals surface area contributed by atoms with Crippen LogP contribution in [0, 0.1) is 0 Å². The van der Waals surface area contributed by atoms with Crippen molar-refractivity contribution in [2.75, 3.05) is 13.2 Å². The SMILES string of the molecule is CCCCCCC/C=C\C/C=C\C/C=C\CCCCCCCCC(=O)OCC(COC(=O)CCCCCCCCCCCCCCCCCCC)OC(=O)CCCCCCCC/C=C\C/C=C\C/C=C\CCCCCCC. The highest BCUT2D eigenvalue weighted by atomic mass is 16.6. The molecule has 0 saturated carbocycles. The molecule has 0 radical (unpaired) electrons. The molecule has 0 rings (SSSR count). The molecule has 6 heteroatoms. The normalized spacial score (nSPS) is 12.5. The lowest BCUT2D eigenvalue weighted by atomic mass is 10.0. The number of hydrogen-bond donors (Lipinski definition) is 0. The number of carbonyl (C=O) groups excluding carboxylic acids is 3. The average Bonchev–Trinajstić information content (AvgIpc) is 3.43. The molecule has 0 heterocycles. The third-order valence-corrected chi connectivity index (χ3v) is 14.7. The number of carbonyl (C=O) groups is 3. The average molecular weight is 1080 g/mol. The molecule has 0 fully saturated rings. The Bertz CT molecular complexity index is 1420. The van der Waals surface area contributed by atoms with Gasteiger partial charge in [-0.2, -0.15) is 0 Å². The van der Waals surface area contributed by atoms with Crippen LogP contribution in [-0.2, 0) is 28.6 Å². The van der Waals surface area contributed by atoms with E-state index in [1.165, 1.54) is 199 Å². The molecule has 1 unspecified atom stereocenters. The zero-order valence-corrected chi connectivity index (χ0v) is 51.2. The van der Waals surface area contributed by atoms with Crippen LogP contribution in [0.5, 0.6) is 0 Å². The van der Waals surface area contributed by atoms with E-state index in [9.17, 15) is 14.4 Å². The summed E-state index contributed by atoms with van der Waals surface area (Å²) in [6, 6.07) is 0. The first-order valence-corrected chi connectivity index (χ1v) is 33.4. The van der Waals surface area contributed by atoms with Crippen molar-refractivity contribution in [1.29, 1.82) is 0 Å². The molecule has 0 aromatic carbocycles. The van der Waals surface area contributed by atoms with E-state index in [1.54, 1.807) is 0 Å². The van der Waals surface area contributed by atoms with Crippen LogP contribution >= 0.6 is 0 Å². The summed E-state index contributed by atoms with van der Waals surface area (Å²) in [4.78, 5) is 38.4. The minimum atomic E-state index is -0.789. The fourth-order valence-corrected chi connectivity index (χ4v) is 9.64. The second-order valence-electron chi connectivity index (χ2n) is 22.4. The van der Waals surface area contributed by atoms with Crippen molar-refractivity contribution >= 4 is 17.9 Å². The predicted molar refractivity (Wildman–Crippen MR) is 335 cm³/mol. The van der Waals surface area contributed by atoms with E-state index < -0.39 is 6.10 Å². The molecule has 446 valence electrons. The molecule has 0 aromatic rings. The largest absolute Gasteiger partial charge is 0.462 e. The van der Waals surface area contributed by atoms with Crippen molar-refractivity contribution in [1.82, 2.24) is 0 Å². The summed E-state index contributed by atoms with van der Waals surface area (Å²) < 4.78 is 17.0. The molecular formula is C71H126O6. The summed E-state index contributed by atoms with van der Waals surface area (Å²) in [5.41, 5.74) is 0. The van der Waals surface area contributed by atoms with Crippen molar-refractivity contribution in [2.24, 2.45) is 0 Å². The smallest absolute Gasteiger partial charge is 0.306 e. The van der Waals surface area contributed by atoms with E-state index in [0.29, 0.717) is 19.3 Å². The van der Waals surface area contributed by atoms with Crippen LogP contribution in [-0.4, -0.2) is 37.2 Å². The quantitative estimate of drug-likeness (QED) is 0.0261. The van der Waals surface area contributed by atoms with Gasteiger partial charge in [-0.3, -0.25) is 14.4 Å². The molecule has 0 N–H and O–H groups in total. The van der Waals surface area contributed by atoms with Gasteiger partial charge < -0.3 is 14.2 Å². The minimum absolute atomic E-state index is 0.0823. The molecule has 0 saturated heterocycles. The van der Waals surface area contributed by atoms with E-state index in [0.717, 1.165) is 103 Å². The lowest BCUT2D eigenvalue weighted by Gasteiger charge is -2.18. The van der Waals surface area contributed by atoms with Gasteiger partial charge in [-0.15, -0.1) is 0 Å². The highest BCUT2D eigenvalue weighted by Crippen LogP contribution is 2.17. The molecule has 0 aliphatic heterocycles. The highest BCUT2D eigenvalue weighted by Gasteiger charge is 2.19. The highest BCUT2D eigenvalue weighted by molar-refractivity contribution is 5.71. The third kappa shape index (κ3) is 63.6. The van der Waals surface area contributed by atoms with Crippen LogP contribution in [0.25, 0.3) is 0 Å². The monoisotopic (exact) mass is 1070 g/mol. The Morgan fingerprint density at radius 3 is 0.727 bits per heavy atom. The molecule has 0 aliphatic carbocycles. The van der Waals surface area contributed by atoms with E-state index in [4.69, 9.17) is 14.2 Å². The van der Waals surface area contributed by atoms with Crippen LogP contribution in [0.1, 0.15) is 342 Å². The van der Waals surface area contributed by atoms with E-state index in [2.05, 4.69) is 93.7 Å². The molecule has 0 aliphatic rings. The van der Waals surface area contributed by atoms with Crippen LogP contribution in [0.4, 0.5) is 0 Å². The molecule has 0 bridgehead atoms. The summed E-state index contributed by atoms with van der Waals surface area (Å²) in [7, 11) is 0. The molecule has 6 nitrogen and oxygen atoms in total. The van der Waals surface area contributed by atoms with E-state index in [-0.39, 0.29) is 31.1 Å². The van der Waals surface area contributed by atoms with Crippen LogP contribution in [0.15, 0.2) is 72.9 Å². The van der Waals surface area contributed by atoms with Gasteiger partial charge in [0.15, 0.2) is 6.10 Å². The maximum atomic E-state index is 12.9. The zero-order chi connectivity index (χ0) is 55.7. The summed E-state index contributed by atoms with van der Waals surface area (Å²) in [5, 5.41) is 0. The second kappa shape index (κ2) is 65.4. The molecule has 0 amide bonds. The van der Waals surface area contributed by atoms with Crippen molar-refractivity contribution in [3.8, 4) is 0 Å². The van der Waals surface area contributed by atoms with Gasteiger partial charge in [0.05, 0.1) is 0 Å². The zero-order valence-electron chi connectivity index (χ0n) is 51.2.